The largest absolute Gasteiger partial charge is 0.508 e. The molecule has 0 aliphatic rings. The number of rotatable bonds is 9. The Labute approximate surface area is 195 Å². The second-order valence-electron chi connectivity index (χ2n) is 7.97. The number of aromatic hydroxyl groups is 1. The molecule has 0 saturated heterocycles. The van der Waals surface area contributed by atoms with Crippen molar-refractivity contribution >= 4 is 18.3 Å². The highest BCUT2D eigenvalue weighted by atomic mass is 35.5. The van der Waals surface area contributed by atoms with E-state index < -0.39 is 12.1 Å². The number of carbonyl (C=O) groups is 1. The van der Waals surface area contributed by atoms with Crippen LogP contribution in [0.15, 0.2) is 78.9 Å². The van der Waals surface area contributed by atoms with Crippen molar-refractivity contribution in [2.75, 3.05) is 0 Å². The van der Waals surface area contributed by atoms with Crippen LogP contribution >= 0.6 is 12.4 Å². The van der Waals surface area contributed by atoms with Crippen molar-refractivity contribution in [3.8, 4) is 5.75 Å². The average molecular weight is 455 g/mol. The Hall–Kier alpha value is -2.86. The Balaban J connectivity index is 0.00000363. The average Bonchev–Trinajstić information content (AvgIpc) is 2.76. The summed E-state index contributed by atoms with van der Waals surface area (Å²) in [5.74, 6) is -0.261. The van der Waals surface area contributed by atoms with Crippen LogP contribution < -0.4 is 11.1 Å². The molecule has 0 bridgehead atoms. The minimum atomic E-state index is -0.819. The second kappa shape index (κ2) is 12.2. The van der Waals surface area contributed by atoms with E-state index in [4.69, 9.17) is 5.73 Å². The predicted molar refractivity (Wildman–Crippen MR) is 130 cm³/mol. The van der Waals surface area contributed by atoms with Gasteiger partial charge in [-0.3, -0.25) is 4.79 Å². The van der Waals surface area contributed by atoms with Crippen molar-refractivity contribution in [2.45, 2.75) is 44.4 Å². The Bertz CT molecular complexity index is 983. The van der Waals surface area contributed by atoms with Gasteiger partial charge in [-0.2, -0.15) is 0 Å². The first-order chi connectivity index (χ1) is 14.9. The monoisotopic (exact) mass is 454 g/mol. The highest BCUT2D eigenvalue weighted by molar-refractivity contribution is 5.96. The molecular formula is C26H31ClN2O3. The minimum absolute atomic E-state index is 0. The minimum Gasteiger partial charge on any atom is -0.508 e. The molecule has 1 amide bonds. The summed E-state index contributed by atoms with van der Waals surface area (Å²) in [4.78, 5) is 12.9. The van der Waals surface area contributed by atoms with E-state index in [-0.39, 0.29) is 30.1 Å². The third-order valence-electron chi connectivity index (χ3n) is 5.51. The van der Waals surface area contributed by atoms with E-state index >= 15 is 0 Å². The summed E-state index contributed by atoms with van der Waals surface area (Å²) in [5, 5.41) is 23.9. The molecule has 3 rings (SSSR count). The lowest BCUT2D eigenvalue weighted by Gasteiger charge is -2.27. The molecule has 6 heteroatoms. The molecule has 32 heavy (non-hydrogen) atoms. The first-order valence-corrected chi connectivity index (χ1v) is 10.5. The van der Waals surface area contributed by atoms with Crippen LogP contribution in [-0.2, 0) is 12.8 Å². The van der Waals surface area contributed by atoms with Gasteiger partial charge in [0.05, 0.1) is 12.1 Å². The van der Waals surface area contributed by atoms with Gasteiger partial charge in [-0.15, -0.1) is 12.4 Å². The molecule has 3 aromatic rings. The molecule has 0 aliphatic heterocycles. The lowest BCUT2D eigenvalue weighted by molar-refractivity contribution is 0.0795. The first kappa shape index (κ1) is 25.4. The van der Waals surface area contributed by atoms with Crippen LogP contribution in [0.2, 0.25) is 0 Å². The van der Waals surface area contributed by atoms with Crippen molar-refractivity contribution in [3.05, 3.63) is 101 Å². The fraction of sp³-hybridized carbons (Fsp3) is 0.269. The number of aliphatic hydroxyl groups is 1. The molecule has 0 unspecified atom stereocenters. The van der Waals surface area contributed by atoms with E-state index in [1.54, 1.807) is 25.1 Å². The number of hydrogen-bond donors (Lipinski definition) is 4. The van der Waals surface area contributed by atoms with Crippen molar-refractivity contribution in [3.63, 3.8) is 0 Å². The third-order valence-corrected chi connectivity index (χ3v) is 5.51. The van der Waals surface area contributed by atoms with Gasteiger partial charge in [-0.05, 0) is 49.4 Å². The van der Waals surface area contributed by atoms with E-state index in [9.17, 15) is 15.0 Å². The zero-order chi connectivity index (χ0) is 22.2. The SMILES string of the molecule is Cc1c(O)cccc1C(=O)N[C@@H](Cc1ccccc1)[C@@H](O)C[C@@H](N)Cc1ccccc1.Cl. The van der Waals surface area contributed by atoms with Crippen LogP contribution in [0.25, 0.3) is 0 Å². The van der Waals surface area contributed by atoms with Crippen LogP contribution in [-0.4, -0.2) is 34.3 Å². The molecule has 0 radical (unpaired) electrons. The van der Waals surface area contributed by atoms with Crippen LogP contribution in [0.4, 0.5) is 0 Å². The number of hydrogen-bond acceptors (Lipinski definition) is 4. The molecule has 0 heterocycles. The van der Waals surface area contributed by atoms with Gasteiger partial charge < -0.3 is 21.3 Å². The molecular weight excluding hydrogens is 424 g/mol. The number of nitrogens with one attached hydrogen (secondary N) is 1. The van der Waals surface area contributed by atoms with E-state index in [0.29, 0.717) is 30.4 Å². The smallest absolute Gasteiger partial charge is 0.252 e. The summed E-state index contributed by atoms with van der Waals surface area (Å²) in [6.07, 6.45) is 0.658. The van der Waals surface area contributed by atoms with E-state index in [1.165, 1.54) is 0 Å². The van der Waals surface area contributed by atoms with Crippen molar-refractivity contribution in [2.24, 2.45) is 5.73 Å². The summed E-state index contributed by atoms with van der Waals surface area (Å²) in [7, 11) is 0. The number of benzene rings is 3. The van der Waals surface area contributed by atoms with Crippen molar-refractivity contribution < 1.29 is 15.0 Å². The van der Waals surface area contributed by atoms with Gasteiger partial charge in [-0.25, -0.2) is 0 Å². The van der Waals surface area contributed by atoms with Gasteiger partial charge >= 0.3 is 0 Å². The van der Waals surface area contributed by atoms with Gasteiger partial charge in [0.15, 0.2) is 0 Å². The molecule has 5 N–H and O–H groups in total. The highest BCUT2D eigenvalue weighted by Gasteiger charge is 2.25. The Morgan fingerprint density at radius 1 is 0.906 bits per heavy atom. The van der Waals surface area contributed by atoms with Crippen LogP contribution in [0.1, 0.15) is 33.5 Å². The van der Waals surface area contributed by atoms with E-state index in [0.717, 1.165) is 11.1 Å². The van der Waals surface area contributed by atoms with Crippen molar-refractivity contribution in [1.29, 1.82) is 0 Å². The Morgan fingerprint density at radius 2 is 1.47 bits per heavy atom. The zero-order valence-electron chi connectivity index (χ0n) is 18.1. The molecule has 170 valence electrons. The number of aliphatic hydroxyl groups excluding tert-OH is 1. The molecule has 0 fully saturated rings. The summed E-state index contributed by atoms with van der Waals surface area (Å²) in [6, 6.07) is 23.7. The molecule has 0 saturated carbocycles. The quantitative estimate of drug-likeness (QED) is 0.395. The summed E-state index contributed by atoms with van der Waals surface area (Å²) < 4.78 is 0. The topological polar surface area (TPSA) is 95.6 Å². The third kappa shape index (κ3) is 7.09. The number of nitrogens with two attached hydrogens (primary N) is 1. The highest BCUT2D eigenvalue weighted by Crippen LogP contribution is 2.20. The lowest BCUT2D eigenvalue weighted by Crippen LogP contribution is -2.47. The van der Waals surface area contributed by atoms with Gasteiger partial charge in [0, 0.05) is 17.2 Å². The molecule has 0 spiro atoms. The maximum Gasteiger partial charge on any atom is 0.252 e. The second-order valence-corrected chi connectivity index (χ2v) is 7.97. The van der Waals surface area contributed by atoms with Gasteiger partial charge in [0.2, 0.25) is 0 Å². The number of carbonyl (C=O) groups excluding carboxylic acids is 1. The molecule has 3 aromatic carbocycles. The number of amides is 1. The van der Waals surface area contributed by atoms with Gasteiger partial charge in [0.25, 0.3) is 5.91 Å². The summed E-state index contributed by atoms with van der Waals surface area (Å²) in [6.45, 7) is 1.70. The van der Waals surface area contributed by atoms with E-state index in [2.05, 4.69) is 5.32 Å². The normalized spacial score (nSPS) is 13.5. The van der Waals surface area contributed by atoms with Crippen molar-refractivity contribution in [1.82, 2.24) is 5.32 Å². The maximum atomic E-state index is 12.9. The zero-order valence-corrected chi connectivity index (χ0v) is 19.0. The Morgan fingerprint density at radius 3 is 2.06 bits per heavy atom. The molecule has 0 aromatic heterocycles. The molecule has 5 nitrogen and oxygen atoms in total. The number of halogens is 1. The fourth-order valence-electron chi connectivity index (χ4n) is 3.74. The lowest BCUT2D eigenvalue weighted by atomic mass is 9.93. The Kier molecular flexibility index (Phi) is 9.72. The van der Waals surface area contributed by atoms with Gasteiger partial charge in [0.1, 0.15) is 5.75 Å². The summed E-state index contributed by atoms with van der Waals surface area (Å²) >= 11 is 0. The van der Waals surface area contributed by atoms with Crippen LogP contribution in [0.5, 0.6) is 5.75 Å². The number of phenolic OH excluding ortho intramolecular Hbond substituents is 1. The fourth-order valence-corrected chi connectivity index (χ4v) is 3.74. The standard InChI is InChI=1S/C26H30N2O3.ClH/c1-18-22(13-8-14-24(18)29)26(31)28-23(16-20-11-6-3-7-12-20)25(30)17-21(27)15-19-9-4-2-5-10-19;/h2-14,21,23,25,29-30H,15-17,27H2,1H3,(H,28,31);1H/t21-,23-,25-;/m0./s1. The maximum absolute atomic E-state index is 12.9. The number of phenols is 1. The molecule has 3 atom stereocenters. The predicted octanol–water partition coefficient (Wildman–Crippen LogP) is 3.78. The van der Waals surface area contributed by atoms with Crippen LogP contribution in [0.3, 0.4) is 0 Å². The van der Waals surface area contributed by atoms with E-state index in [1.807, 2.05) is 60.7 Å². The van der Waals surface area contributed by atoms with Gasteiger partial charge in [-0.1, -0.05) is 66.7 Å². The molecule has 0 aliphatic carbocycles. The summed E-state index contributed by atoms with van der Waals surface area (Å²) in [5.41, 5.74) is 9.34. The van der Waals surface area contributed by atoms with Crippen LogP contribution in [0, 0.1) is 6.92 Å². The first-order valence-electron chi connectivity index (χ1n) is 10.5.